The maximum atomic E-state index is 13.2. The lowest BCUT2D eigenvalue weighted by Gasteiger charge is -2.03. The molecule has 0 saturated heterocycles. The number of hydrogen-bond acceptors (Lipinski definition) is 4. The number of aromatic nitrogens is 1. The van der Waals surface area contributed by atoms with Crippen LogP contribution < -0.4 is 5.32 Å². The van der Waals surface area contributed by atoms with E-state index in [4.69, 9.17) is 0 Å². The number of anilines is 2. The van der Waals surface area contributed by atoms with E-state index in [0.29, 0.717) is 20.3 Å². The fourth-order valence-corrected chi connectivity index (χ4v) is 3.09. The van der Waals surface area contributed by atoms with Gasteiger partial charge in [0.15, 0.2) is 10.9 Å². The smallest absolute Gasteiger partial charge is 0.188 e. The van der Waals surface area contributed by atoms with Gasteiger partial charge in [-0.1, -0.05) is 11.3 Å². The molecule has 0 aliphatic rings. The van der Waals surface area contributed by atoms with E-state index >= 15 is 0 Å². The summed E-state index contributed by atoms with van der Waals surface area (Å²) in [5.74, 6) is -0.415. The molecule has 0 unspecified atom stereocenters. The van der Waals surface area contributed by atoms with Gasteiger partial charge in [0.1, 0.15) is 15.3 Å². The lowest BCUT2D eigenvalue weighted by molar-refractivity contribution is 0.101. The summed E-state index contributed by atoms with van der Waals surface area (Å²) in [6.07, 6.45) is 0. The van der Waals surface area contributed by atoms with Gasteiger partial charge in [-0.2, -0.15) is 0 Å². The number of halogens is 2. The number of ketones is 1. The molecule has 0 spiro atoms. The second-order valence-electron chi connectivity index (χ2n) is 3.84. The number of aryl methyl sites for hydroxylation is 1. The van der Waals surface area contributed by atoms with Gasteiger partial charge in [-0.05, 0) is 46.6 Å². The van der Waals surface area contributed by atoms with Crippen molar-refractivity contribution in [2.75, 3.05) is 5.32 Å². The zero-order valence-electron chi connectivity index (χ0n) is 9.75. The molecular formula is C12H10BrFN2OS. The van der Waals surface area contributed by atoms with Gasteiger partial charge in [0.25, 0.3) is 0 Å². The van der Waals surface area contributed by atoms with E-state index in [-0.39, 0.29) is 11.6 Å². The third kappa shape index (κ3) is 2.94. The Morgan fingerprint density at radius 3 is 2.72 bits per heavy atom. The van der Waals surface area contributed by atoms with Gasteiger partial charge in [0, 0.05) is 12.6 Å². The molecule has 2 rings (SSSR count). The van der Waals surface area contributed by atoms with Crippen molar-refractivity contribution < 1.29 is 9.18 Å². The highest BCUT2D eigenvalue weighted by Crippen LogP contribution is 2.31. The fraction of sp³-hybridized carbons (Fsp3) is 0.167. The number of carbonyl (C=O) groups excluding carboxylic acids is 1. The Morgan fingerprint density at radius 1 is 1.44 bits per heavy atom. The van der Waals surface area contributed by atoms with Crippen LogP contribution in [0.5, 0.6) is 0 Å². The normalized spacial score (nSPS) is 10.4. The zero-order chi connectivity index (χ0) is 13.3. The maximum Gasteiger partial charge on any atom is 0.188 e. The summed E-state index contributed by atoms with van der Waals surface area (Å²) >= 11 is 4.58. The van der Waals surface area contributed by atoms with Crippen LogP contribution >= 0.6 is 27.3 Å². The number of Topliss-reactive ketones (excluding diaryl/α,β-unsaturated/α-hetero) is 1. The molecule has 0 atom stereocenters. The Labute approximate surface area is 116 Å². The molecule has 0 aliphatic carbocycles. The number of nitrogens with zero attached hydrogens (tertiary/aromatic N) is 1. The van der Waals surface area contributed by atoms with E-state index in [0.717, 1.165) is 5.56 Å². The second kappa shape index (κ2) is 5.16. The minimum Gasteiger partial charge on any atom is -0.331 e. The van der Waals surface area contributed by atoms with Crippen molar-refractivity contribution in [2.45, 2.75) is 13.8 Å². The predicted octanol–water partition coefficient (Wildman–Crippen LogP) is 4.30. The average molecular weight is 329 g/mol. The van der Waals surface area contributed by atoms with E-state index in [2.05, 4.69) is 26.2 Å². The molecule has 1 heterocycles. The fourth-order valence-electron chi connectivity index (χ4n) is 1.50. The SMILES string of the molecule is CC(=O)c1nc(Nc2cc(C)cc(F)c2)sc1Br. The Bertz CT molecular complexity index is 592. The maximum absolute atomic E-state index is 13.2. The second-order valence-corrected chi connectivity index (χ2v) is 6.16. The van der Waals surface area contributed by atoms with Crippen LogP contribution in [-0.2, 0) is 0 Å². The van der Waals surface area contributed by atoms with Crippen LogP contribution in [0.25, 0.3) is 0 Å². The highest BCUT2D eigenvalue weighted by atomic mass is 79.9. The van der Waals surface area contributed by atoms with Crippen molar-refractivity contribution in [3.63, 3.8) is 0 Å². The first kappa shape index (κ1) is 13.2. The first-order valence-corrected chi connectivity index (χ1v) is 6.78. The number of rotatable bonds is 3. The third-order valence-electron chi connectivity index (χ3n) is 2.21. The minimum atomic E-state index is -0.306. The number of carbonyl (C=O) groups is 1. The lowest BCUT2D eigenvalue weighted by atomic mass is 10.2. The van der Waals surface area contributed by atoms with Crippen LogP contribution in [0.3, 0.4) is 0 Å². The first-order valence-electron chi connectivity index (χ1n) is 5.17. The zero-order valence-corrected chi connectivity index (χ0v) is 12.2. The highest BCUT2D eigenvalue weighted by Gasteiger charge is 2.13. The quantitative estimate of drug-likeness (QED) is 0.854. The highest BCUT2D eigenvalue weighted by molar-refractivity contribution is 9.11. The van der Waals surface area contributed by atoms with Crippen molar-refractivity contribution in [1.82, 2.24) is 4.98 Å². The van der Waals surface area contributed by atoms with Crippen molar-refractivity contribution in [2.24, 2.45) is 0 Å². The molecule has 1 N–H and O–H groups in total. The van der Waals surface area contributed by atoms with Gasteiger partial charge in [-0.15, -0.1) is 0 Å². The van der Waals surface area contributed by atoms with Gasteiger partial charge in [-0.25, -0.2) is 9.37 Å². The number of hydrogen-bond donors (Lipinski definition) is 1. The monoisotopic (exact) mass is 328 g/mol. The van der Waals surface area contributed by atoms with E-state index in [1.165, 1.54) is 30.4 Å². The standard InChI is InChI=1S/C12H10BrFN2OS/c1-6-3-8(14)5-9(4-6)15-12-16-10(7(2)17)11(13)18-12/h3-5H,1-2H3,(H,15,16). The van der Waals surface area contributed by atoms with Crippen LogP contribution in [-0.4, -0.2) is 10.8 Å². The van der Waals surface area contributed by atoms with Gasteiger partial charge >= 0.3 is 0 Å². The summed E-state index contributed by atoms with van der Waals surface area (Å²) < 4.78 is 13.9. The van der Waals surface area contributed by atoms with Crippen LogP contribution in [0.4, 0.5) is 15.2 Å². The summed E-state index contributed by atoms with van der Waals surface area (Å²) in [4.78, 5) is 15.4. The summed E-state index contributed by atoms with van der Waals surface area (Å²) in [5, 5.41) is 3.54. The molecule has 94 valence electrons. The largest absolute Gasteiger partial charge is 0.331 e. The van der Waals surface area contributed by atoms with Crippen LogP contribution in [0, 0.1) is 12.7 Å². The van der Waals surface area contributed by atoms with E-state index < -0.39 is 0 Å². The van der Waals surface area contributed by atoms with Crippen molar-refractivity contribution in [3.8, 4) is 0 Å². The Kier molecular flexibility index (Phi) is 3.77. The van der Waals surface area contributed by atoms with Gasteiger partial charge < -0.3 is 5.32 Å². The van der Waals surface area contributed by atoms with Gasteiger partial charge in [0.05, 0.1) is 0 Å². The molecule has 0 radical (unpaired) electrons. The summed E-state index contributed by atoms with van der Waals surface area (Å²) in [6.45, 7) is 3.27. The molecule has 0 amide bonds. The van der Waals surface area contributed by atoms with Crippen LogP contribution in [0.15, 0.2) is 22.0 Å². The minimum absolute atomic E-state index is 0.110. The molecule has 3 nitrogen and oxygen atoms in total. The summed E-state index contributed by atoms with van der Waals surface area (Å²) in [7, 11) is 0. The predicted molar refractivity (Wildman–Crippen MR) is 74.2 cm³/mol. The molecule has 0 fully saturated rings. The molecule has 1 aromatic heterocycles. The number of benzene rings is 1. The Hall–Kier alpha value is -1.27. The summed E-state index contributed by atoms with van der Waals surface area (Å²) in [6, 6.07) is 4.64. The lowest BCUT2D eigenvalue weighted by Crippen LogP contribution is -1.95. The van der Waals surface area contributed by atoms with Crippen molar-refractivity contribution in [3.05, 3.63) is 39.1 Å². The van der Waals surface area contributed by atoms with E-state index in [1.807, 2.05) is 13.0 Å². The molecule has 2 aromatic rings. The van der Waals surface area contributed by atoms with Gasteiger partial charge in [0.2, 0.25) is 0 Å². The first-order chi connectivity index (χ1) is 8.45. The number of nitrogens with one attached hydrogen (secondary N) is 1. The van der Waals surface area contributed by atoms with Gasteiger partial charge in [-0.3, -0.25) is 4.79 Å². The topological polar surface area (TPSA) is 42.0 Å². The molecule has 18 heavy (non-hydrogen) atoms. The molecule has 1 aromatic carbocycles. The third-order valence-corrected chi connectivity index (χ3v) is 3.83. The molecular weight excluding hydrogens is 319 g/mol. The van der Waals surface area contributed by atoms with Crippen molar-refractivity contribution >= 4 is 43.9 Å². The van der Waals surface area contributed by atoms with Crippen LogP contribution in [0.2, 0.25) is 0 Å². The Balaban J connectivity index is 2.28. The number of thiazole rings is 1. The Morgan fingerprint density at radius 2 is 2.17 bits per heavy atom. The summed E-state index contributed by atoms with van der Waals surface area (Å²) in [5.41, 5.74) is 1.82. The van der Waals surface area contributed by atoms with Crippen molar-refractivity contribution in [1.29, 1.82) is 0 Å². The van der Waals surface area contributed by atoms with Crippen LogP contribution in [0.1, 0.15) is 23.0 Å². The molecule has 0 saturated carbocycles. The molecule has 6 heteroatoms. The molecule has 0 bridgehead atoms. The van der Waals surface area contributed by atoms with E-state index in [9.17, 15) is 9.18 Å². The molecule has 0 aliphatic heterocycles. The average Bonchev–Trinajstić information content (AvgIpc) is 2.57. The van der Waals surface area contributed by atoms with E-state index in [1.54, 1.807) is 0 Å².